The Morgan fingerprint density at radius 3 is 2.44 bits per heavy atom. The van der Waals surface area contributed by atoms with Crippen LogP contribution >= 0.6 is 11.8 Å². The van der Waals surface area contributed by atoms with Crippen molar-refractivity contribution >= 4 is 35.2 Å². The van der Waals surface area contributed by atoms with Gasteiger partial charge in [-0.3, -0.25) is 19.3 Å². The first-order chi connectivity index (χ1) is 13.1. The summed E-state index contributed by atoms with van der Waals surface area (Å²) in [4.78, 5) is 40.2. The van der Waals surface area contributed by atoms with Crippen molar-refractivity contribution in [3.8, 4) is 5.75 Å². The summed E-state index contributed by atoms with van der Waals surface area (Å²) in [5, 5.41) is 2.85. The van der Waals surface area contributed by atoms with Crippen molar-refractivity contribution in [2.45, 2.75) is 38.1 Å². The minimum atomic E-state index is -0.784. The number of ether oxygens (including phenoxy) is 1. The summed E-state index contributed by atoms with van der Waals surface area (Å²) >= 11 is 1.59. The lowest BCUT2D eigenvalue weighted by molar-refractivity contribution is -0.146. The maximum atomic E-state index is 13.0. The molecule has 7 heteroatoms. The van der Waals surface area contributed by atoms with Crippen molar-refractivity contribution in [2.75, 3.05) is 24.4 Å². The molecule has 3 amide bonds. The molecule has 1 aliphatic heterocycles. The molecule has 0 radical (unpaired) electrons. The maximum Gasteiger partial charge on any atom is 0.247 e. The van der Waals surface area contributed by atoms with Gasteiger partial charge in [0.25, 0.3) is 0 Å². The summed E-state index contributed by atoms with van der Waals surface area (Å²) in [7, 11) is 1.54. The average Bonchev–Trinajstić information content (AvgIpc) is 2.94. The Kier molecular flexibility index (Phi) is 6.42. The van der Waals surface area contributed by atoms with E-state index in [0.717, 1.165) is 25.7 Å². The molecule has 27 heavy (non-hydrogen) atoms. The first-order valence-electron chi connectivity index (χ1n) is 9.38. The van der Waals surface area contributed by atoms with Crippen molar-refractivity contribution in [1.82, 2.24) is 4.90 Å². The van der Waals surface area contributed by atoms with Gasteiger partial charge in [0.05, 0.1) is 24.6 Å². The summed E-state index contributed by atoms with van der Waals surface area (Å²) in [5.74, 6) is 0.0494. The number of thioether (sulfide) groups is 1. The normalized spacial score (nSPS) is 23.1. The highest BCUT2D eigenvalue weighted by Gasteiger charge is 2.51. The molecule has 1 saturated heterocycles. The summed E-state index contributed by atoms with van der Waals surface area (Å²) in [6.07, 6.45) is 5.82. The standard InChI is InChI=1S/C20H26N2O4S/c1-26-17-10-6-5-9-15(17)21-18(23)16(11-12-27-2)22-19(24)13-7-3-4-8-14(13)20(22)25/h5-6,9-10,13-14,16H,3-4,7-8,11-12H2,1-2H3,(H,21,23)/t13-,14-,16+/m1/s1. The number of benzene rings is 1. The highest BCUT2D eigenvalue weighted by atomic mass is 32.2. The number of carbonyl (C=O) groups excluding carboxylic acids is 3. The lowest BCUT2D eigenvalue weighted by Gasteiger charge is -2.26. The molecule has 1 aromatic rings. The van der Waals surface area contributed by atoms with E-state index < -0.39 is 6.04 Å². The Balaban J connectivity index is 1.83. The summed E-state index contributed by atoms with van der Waals surface area (Å²) < 4.78 is 5.29. The number of hydrogen-bond acceptors (Lipinski definition) is 5. The fourth-order valence-electron chi connectivity index (χ4n) is 4.07. The van der Waals surface area contributed by atoms with Gasteiger partial charge in [-0.15, -0.1) is 0 Å². The van der Waals surface area contributed by atoms with Crippen molar-refractivity contribution in [1.29, 1.82) is 0 Å². The molecule has 0 bridgehead atoms. The van der Waals surface area contributed by atoms with Crippen molar-refractivity contribution in [3.63, 3.8) is 0 Å². The van der Waals surface area contributed by atoms with Crippen LogP contribution in [0.15, 0.2) is 24.3 Å². The molecule has 2 fully saturated rings. The monoisotopic (exact) mass is 390 g/mol. The molecule has 3 rings (SSSR count). The van der Waals surface area contributed by atoms with Gasteiger partial charge in [0, 0.05) is 0 Å². The van der Waals surface area contributed by atoms with Crippen LogP contribution in [0.4, 0.5) is 5.69 Å². The quantitative estimate of drug-likeness (QED) is 0.725. The van der Waals surface area contributed by atoms with Gasteiger partial charge in [0.2, 0.25) is 17.7 Å². The first kappa shape index (κ1) is 19.7. The molecule has 1 aromatic carbocycles. The van der Waals surface area contributed by atoms with Crippen molar-refractivity contribution < 1.29 is 19.1 Å². The average molecular weight is 391 g/mol. The molecular formula is C20H26N2O4S. The van der Waals surface area contributed by atoms with E-state index in [1.165, 1.54) is 12.0 Å². The number of likely N-dealkylation sites (tertiary alicyclic amines) is 1. The smallest absolute Gasteiger partial charge is 0.247 e. The van der Waals surface area contributed by atoms with E-state index in [0.29, 0.717) is 23.6 Å². The van der Waals surface area contributed by atoms with Gasteiger partial charge >= 0.3 is 0 Å². The summed E-state index contributed by atoms with van der Waals surface area (Å²) in [6, 6.07) is 6.34. The Hall–Kier alpha value is -2.02. The molecule has 0 spiro atoms. The lowest BCUT2D eigenvalue weighted by Crippen LogP contribution is -2.48. The molecule has 3 atom stereocenters. The third-order valence-corrected chi connectivity index (χ3v) is 6.09. The zero-order valence-electron chi connectivity index (χ0n) is 15.8. The van der Waals surface area contributed by atoms with E-state index in [1.54, 1.807) is 30.0 Å². The zero-order chi connectivity index (χ0) is 19.4. The van der Waals surface area contributed by atoms with Gasteiger partial charge < -0.3 is 10.1 Å². The second-order valence-corrected chi connectivity index (χ2v) is 8.02. The van der Waals surface area contributed by atoms with E-state index in [4.69, 9.17) is 4.74 Å². The number of imide groups is 1. The number of carbonyl (C=O) groups is 3. The Morgan fingerprint density at radius 2 is 1.85 bits per heavy atom. The van der Waals surface area contributed by atoms with Gasteiger partial charge in [-0.2, -0.15) is 11.8 Å². The van der Waals surface area contributed by atoms with Crippen molar-refractivity contribution in [3.05, 3.63) is 24.3 Å². The molecule has 146 valence electrons. The third-order valence-electron chi connectivity index (χ3n) is 5.45. The Labute approximate surface area is 164 Å². The number of amides is 3. The fourth-order valence-corrected chi connectivity index (χ4v) is 4.52. The number of nitrogens with one attached hydrogen (secondary N) is 1. The second kappa shape index (κ2) is 8.78. The highest BCUT2D eigenvalue weighted by molar-refractivity contribution is 7.98. The Morgan fingerprint density at radius 1 is 1.22 bits per heavy atom. The minimum absolute atomic E-state index is 0.175. The molecule has 1 heterocycles. The van der Waals surface area contributed by atoms with Gasteiger partial charge in [0.1, 0.15) is 11.8 Å². The highest BCUT2D eigenvalue weighted by Crippen LogP contribution is 2.39. The van der Waals surface area contributed by atoms with Crippen LogP contribution in [0.5, 0.6) is 5.75 Å². The Bertz CT molecular complexity index is 700. The summed E-state index contributed by atoms with van der Waals surface area (Å²) in [6.45, 7) is 0. The number of para-hydroxylation sites is 2. The molecular weight excluding hydrogens is 364 g/mol. The fraction of sp³-hybridized carbons (Fsp3) is 0.550. The van der Waals surface area contributed by atoms with E-state index in [1.807, 2.05) is 12.3 Å². The molecule has 1 saturated carbocycles. The largest absolute Gasteiger partial charge is 0.495 e. The van der Waals surface area contributed by atoms with Crippen LogP contribution in [0.1, 0.15) is 32.1 Å². The SMILES string of the molecule is COc1ccccc1NC(=O)[C@H](CCSC)N1C(=O)[C@@H]2CCCC[C@H]2C1=O. The molecule has 0 aromatic heterocycles. The molecule has 6 nitrogen and oxygen atoms in total. The molecule has 1 N–H and O–H groups in total. The zero-order valence-corrected chi connectivity index (χ0v) is 16.6. The van der Waals surface area contributed by atoms with Crippen molar-refractivity contribution in [2.24, 2.45) is 11.8 Å². The van der Waals surface area contributed by atoms with Crippen LogP contribution in [0.2, 0.25) is 0 Å². The van der Waals surface area contributed by atoms with E-state index in [2.05, 4.69) is 5.32 Å². The topological polar surface area (TPSA) is 75.7 Å². The van der Waals surface area contributed by atoms with Crippen LogP contribution in [-0.2, 0) is 14.4 Å². The van der Waals surface area contributed by atoms with Crippen LogP contribution in [-0.4, -0.2) is 47.8 Å². The van der Waals surface area contributed by atoms with Gasteiger partial charge in [-0.05, 0) is 43.4 Å². The van der Waals surface area contributed by atoms with E-state index >= 15 is 0 Å². The predicted octanol–water partition coefficient (Wildman–Crippen LogP) is 2.93. The second-order valence-electron chi connectivity index (χ2n) is 7.03. The predicted molar refractivity (Wildman–Crippen MR) is 106 cm³/mol. The maximum absolute atomic E-state index is 13.0. The first-order valence-corrected chi connectivity index (χ1v) is 10.8. The van der Waals surface area contributed by atoms with E-state index in [-0.39, 0.29) is 29.6 Å². The van der Waals surface area contributed by atoms with Crippen LogP contribution in [0.3, 0.4) is 0 Å². The van der Waals surface area contributed by atoms with Gasteiger partial charge in [-0.1, -0.05) is 25.0 Å². The number of methoxy groups -OCH3 is 1. The van der Waals surface area contributed by atoms with Crippen LogP contribution < -0.4 is 10.1 Å². The molecule has 2 aliphatic rings. The van der Waals surface area contributed by atoms with Crippen LogP contribution in [0.25, 0.3) is 0 Å². The number of hydrogen-bond donors (Lipinski definition) is 1. The number of fused-ring (bicyclic) bond motifs is 1. The third kappa shape index (κ3) is 3.98. The molecule has 1 aliphatic carbocycles. The van der Waals surface area contributed by atoms with Crippen LogP contribution in [0, 0.1) is 11.8 Å². The number of anilines is 1. The number of rotatable bonds is 7. The summed E-state index contributed by atoms with van der Waals surface area (Å²) in [5.41, 5.74) is 0.538. The van der Waals surface area contributed by atoms with E-state index in [9.17, 15) is 14.4 Å². The van der Waals surface area contributed by atoms with Gasteiger partial charge in [0.15, 0.2) is 0 Å². The minimum Gasteiger partial charge on any atom is -0.495 e. The lowest BCUT2D eigenvalue weighted by atomic mass is 9.81. The molecule has 0 unspecified atom stereocenters. The number of nitrogens with zero attached hydrogens (tertiary/aromatic N) is 1. The van der Waals surface area contributed by atoms with Gasteiger partial charge in [-0.25, -0.2) is 0 Å².